The Morgan fingerprint density at radius 3 is 2.52 bits per heavy atom. The first-order chi connectivity index (χ1) is 11.2. The normalized spacial score (nSPS) is 10.8. The van der Waals surface area contributed by atoms with E-state index in [0.717, 1.165) is 17.0 Å². The van der Waals surface area contributed by atoms with Crippen molar-refractivity contribution >= 4 is 30.7 Å². The van der Waals surface area contributed by atoms with Crippen molar-refractivity contribution in [3.05, 3.63) is 59.9 Å². The van der Waals surface area contributed by atoms with Gasteiger partial charge in [0.25, 0.3) is 0 Å². The zero-order valence-corrected chi connectivity index (χ0v) is 15.5. The van der Waals surface area contributed by atoms with Crippen molar-refractivity contribution in [3.8, 4) is 5.75 Å². The van der Waals surface area contributed by atoms with Gasteiger partial charge in [0.05, 0.1) is 12.3 Å². The van der Waals surface area contributed by atoms with Crippen molar-refractivity contribution in [2.24, 2.45) is 5.73 Å². The number of rotatable bonds is 8. The number of aromatic nitrogens is 1. The molecule has 1 heterocycles. The second-order valence-corrected chi connectivity index (χ2v) is 5.03. The van der Waals surface area contributed by atoms with E-state index in [9.17, 15) is 4.79 Å². The summed E-state index contributed by atoms with van der Waals surface area (Å²) < 4.78 is 10.5. The van der Waals surface area contributed by atoms with Gasteiger partial charge in [-0.25, -0.2) is 0 Å². The average Bonchev–Trinajstić information content (AvgIpc) is 2.60. The van der Waals surface area contributed by atoms with Crippen molar-refractivity contribution < 1.29 is 14.3 Å². The first-order valence-electron chi connectivity index (χ1n) is 7.33. The molecular formula is C17H23Cl2N3O3. The highest BCUT2D eigenvalue weighted by molar-refractivity contribution is 5.85. The monoisotopic (exact) mass is 387 g/mol. The molecule has 0 aliphatic rings. The average molecular weight is 388 g/mol. The van der Waals surface area contributed by atoms with Gasteiger partial charge < -0.3 is 20.5 Å². The number of benzene rings is 1. The van der Waals surface area contributed by atoms with Crippen molar-refractivity contribution in [1.82, 2.24) is 10.3 Å². The molecule has 1 aromatic carbocycles. The molecule has 0 saturated carbocycles. The second kappa shape index (κ2) is 12.5. The van der Waals surface area contributed by atoms with Gasteiger partial charge in [-0.3, -0.25) is 9.78 Å². The van der Waals surface area contributed by atoms with Crippen LogP contribution in [-0.4, -0.2) is 30.6 Å². The van der Waals surface area contributed by atoms with Gasteiger partial charge in [-0.1, -0.05) is 18.2 Å². The molecule has 0 fully saturated rings. The number of hydrogen-bond donors (Lipinski definition) is 2. The Bertz CT molecular complexity index is 612. The predicted molar refractivity (Wildman–Crippen MR) is 101 cm³/mol. The summed E-state index contributed by atoms with van der Waals surface area (Å²) >= 11 is 0. The van der Waals surface area contributed by atoms with Gasteiger partial charge in [0, 0.05) is 19.9 Å². The molecule has 0 spiro atoms. The molecule has 0 aliphatic heterocycles. The van der Waals surface area contributed by atoms with Crippen LogP contribution in [-0.2, 0) is 22.7 Å². The first kappa shape index (κ1) is 23.1. The molecule has 3 N–H and O–H groups in total. The Morgan fingerprint density at radius 2 is 1.92 bits per heavy atom. The number of methoxy groups -OCH3 is 1. The molecule has 25 heavy (non-hydrogen) atoms. The summed E-state index contributed by atoms with van der Waals surface area (Å²) in [4.78, 5) is 15.9. The topological polar surface area (TPSA) is 86.5 Å². The van der Waals surface area contributed by atoms with E-state index in [-0.39, 0.29) is 37.3 Å². The van der Waals surface area contributed by atoms with Gasteiger partial charge in [-0.2, -0.15) is 0 Å². The van der Waals surface area contributed by atoms with Crippen LogP contribution in [0.2, 0.25) is 0 Å². The lowest BCUT2D eigenvalue weighted by molar-refractivity contribution is -0.123. The van der Waals surface area contributed by atoms with E-state index >= 15 is 0 Å². The van der Waals surface area contributed by atoms with Crippen LogP contribution in [0, 0.1) is 0 Å². The fourth-order valence-electron chi connectivity index (χ4n) is 1.92. The van der Waals surface area contributed by atoms with Crippen molar-refractivity contribution in [2.75, 3.05) is 13.7 Å². The van der Waals surface area contributed by atoms with E-state index in [4.69, 9.17) is 15.2 Å². The number of nitrogens with zero attached hydrogens (tertiary/aromatic N) is 1. The summed E-state index contributed by atoms with van der Waals surface area (Å²) in [5.74, 6) is 0.518. The zero-order valence-electron chi connectivity index (χ0n) is 13.9. The van der Waals surface area contributed by atoms with E-state index in [1.165, 1.54) is 7.11 Å². The second-order valence-electron chi connectivity index (χ2n) is 5.03. The number of carbonyl (C=O) groups is 1. The van der Waals surface area contributed by atoms with Crippen molar-refractivity contribution in [2.45, 2.75) is 19.2 Å². The number of nitrogens with two attached hydrogens (primary N) is 1. The van der Waals surface area contributed by atoms with Gasteiger partial charge in [-0.15, -0.1) is 24.8 Å². The van der Waals surface area contributed by atoms with Gasteiger partial charge in [0.15, 0.2) is 0 Å². The number of ether oxygens (including phenoxy) is 2. The third-order valence-electron chi connectivity index (χ3n) is 3.19. The van der Waals surface area contributed by atoms with Crippen LogP contribution in [0.25, 0.3) is 0 Å². The lowest BCUT2D eigenvalue weighted by Gasteiger charge is -2.11. The molecule has 6 nitrogen and oxygen atoms in total. The van der Waals surface area contributed by atoms with E-state index in [1.54, 1.807) is 6.20 Å². The van der Waals surface area contributed by atoms with Crippen LogP contribution < -0.4 is 15.8 Å². The molecule has 1 aromatic heterocycles. The zero-order chi connectivity index (χ0) is 16.5. The molecule has 1 atom stereocenters. The highest BCUT2D eigenvalue weighted by Crippen LogP contribution is 2.13. The minimum atomic E-state index is -0.652. The third kappa shape index (κ3) is 8.18. The third-order valence-corrected chi connectivity index (χ3v) is 3.19. The van der Waals surface area contributed by atoms with Crippen LogP contribution in [0.1, 0.15) is 11.3 Å². The molecule has 138 valence electrons. The standard InChI is InChI=1S/C17H21N3O3.2ClH/c1-22-12-16(18)17(21)20-10-13-5-7-15(8-6-13)23-11-14-4-2-3-9-19-14;;/h2-9,16H,10-12,18H2,1H3,(H,20,21);2*1H. The smallest absolute Gasteiger partial charge is 0.239 e. The molecule has 0 bridgehead atoms. The van der Waals surface area contributed by atoms with Crippen LogP contribution in [0.15, 0.2) is 48.7 Å². The highest BCUT2D eigenvalue weighted by Gasteiger charge is 2.12. The molecule has 2 rings (SSSR count). The minimum absolute atomic E-state index is 0. The number of carbonyl (C=O) groups excluding carboxylic acids is 1. The van der Waals surface area contributed by atoms with Gasteiger partial charge in [0.1, 0.15) is 18.4 Å². The molecule has 1 amide bonds. The summed E-state index contributed by atoms with van der Waals surface area (Å²) in [5.41, 5.74) is 7.49. The summed E-state index contributed by atoms with van der Waals surface area (Å²) in [6, 6.07) is 12.6. The Labute approximate surface area is 159 Å². The Balaban J connectivity index is 0.00000288. The van der Waals surface area contributed by atoms with Crippen molar-refractivity contribution in [3.63, 3.8) is 0 Å². The SMILES string of the molecule is COCC(N)C(=O)NCc1ccc(OCc2ccccn2)cc1.Cl.Cl. The predicted octanol–water partition coefficient (Wildman–Crippen LogP) is 2.09. The largest absolute Gasteiger partial charge is 0.487 e. The summed E-state index contributed by atoms with van der Waals surface area (Å²) in [6.07, 6.45) is 1.73. The van der Waals surface area contributed by atoms with Gasteiger partial charge >= 0.3 is 0 Å². The molecule has 0 radical (unpaired) electrons. The fraction of sp³-hybridized carbons (Fsp3) is 0.294. The number of hydrogen-bond acceptors (Lipinski definition) is 5. The summed E-state index contributed by atoms with van der Waals surface area (Å²) in [5, 5.41) is 2.77. The fourth-order valence-corrected chi connectivity index (χ4v) is 1.92. The van der Waals surface area contributed by atoms with Gasteiger partial charge in [0.2, 0.25) is 5.91 Å². The van der Waals surface area contributed by atoms with Crippen LogP contribution >= 0.6 is 24.8 Å². The Morgan fingerprint density at radius 1 is 1.20 bits per heavy atom. The lowest BCUT2D eigenvalue weighted by atomic mass is 10.2. The molecule has 2 aromatic rings. The Kier molecular flexibility index (Phi) is 11.6. The van der Waals surface area contributed by atoms with E-state index in [2.05, 4.69) is 10.3 Å². The number of pyridine rings is 1. The van der Waals surface area contributed by atoms with E-state index < -0.39 is 6.04 Å². The van der Waals surface area contributed by atoms with Crippen molar-refractivity contribution in [1.29, 1.82) is 0 Å². The maximum absolute atomic E-state index is 11.7. The van der Waals surface area contributed by atoms with Crippen LogP contribution in [0.4, 0.5) is 0 Å². The van der Waals surface area contributed by atoms with E-state index in [1.807, 2.05) is 42.5 Å². The minimum Gasteiger partial charge on any atom is -0.487 e. The molecule has 0 saturated heterocycles. The Hall–Kier alpha value is -1.86. The number of amides is 1. The molecule has 1 unspecified atom stereocenters. The van der Waals surface area contributed by atoms with Crippen LogP contribution in [0.5, 0.6) is 5.75 Å². The summed E-state index contributed by atoms with van der Waals surface area (Å²) in [6.45, 7) is 1.03. The quantitative estimate of drug-likeness (QED) is 0.723. The maximum Gasteiger partial charge on any atom is 0.239 e. The number of nitrogens with one attached hydrogen (secondary N) is 1. The lowest BCUT2D eigenvalue weighted by Crippen LogP contribution is -2.43. The highest BCUT2D eigenvalue weighted by atomic mass is 35.5. The number of halogens is 2. The van der Waals surface area contributed by atoms with E-state index in [0.29, 0.717) is 13.2 Å². The molecular weight excluding hydrogens is 365 g/mol. The van der Waals surface area contributed by atoms with Crippen LogP contribution in [0.3, 0.4) is 0 Å². The maximum atomic E-state index is 11.7. The van der Waals surface area contributed by atoms with Gasteiger partial charge in [-0.05, 0) is 29.8 Å². The molecule has 0 aliphatic carbocycles. The summed E-state index contributed by atoms with van der Waals surface area (Å²) in [7, 11) is 1.51. The molecule has 8 heteroatoms. The first-order valence-corrected chi connectivity index (χ1v) is 7.33.